The van der Waals surface area contributed by atoms with Crippen molar-refractivity contribution in [3.8, 4) is 5.75 Å². The monoisotopic (exact) mass is 240 g/mol. The molecule has 0 heterocycles. The first-order valence-electron chi connectivity index (χ1n) is 5.77. The van der Waals surface area contributed by atoms with Crippen molar-refractivity contribution in [2.24, 2.45) is 0 Å². The largest absolute Gasteiger partial charge is 0.491 e. The summed E-state index contributed by atoms with van der Waals surface area (Å²) in [6, 6.07) is 8.27. The molecule has 0 saturated carbocycles. The Balaban J connectivity index is 2.21. The maximum absolute atomic E-state index is 5.54. The number of rotatable bonds is 8. The maximum atomic E-state index is 5.54. The quantitative estimate of drug-likeness (QED) is 0.556. The minimum absolute atomic E-state index is 0.598. The van der Waals surface area contributed by atoms with Crippen LogP contribution in [0.5, 0.6) is 5.75 Å². The lowest BCUT2D eigenvalue weighted by molar-refractivity contribution is 0.112. The van der Waals surface area contributed by atoms with Gasteiger partial charge in [-0.05, 0) is 24.1 Å². The Hall–Kier alpha value is -0.670. The Bertz CT molecular complexity index is 272. The molecule has 16 heavy (non-hydrogen) atoms. The van der Waals surface area contributed by atoms with Gasteiger partial charge < -0.3 is 9.47 Å². The van der Waals surface area contributed by atoms with E-state index in [0.717, 1.165) is 17.9 Å². The van der Waals surface area contributed by atoms with Crippen LogP contribution in [0.1, 0.15) is 18.9 Å². The molecule has 0 spiro atoms. The Morgan fingerprint density at radius 3 is 2.44 bits per heavy atom. The smallest absolute Gasteiger partial charge is 0.119 e. The molecular weight excluding hydrogens is 220 g/mol. The first kappa shape index (κ1) is 13.4. The summed E-state index contributed by atoms with van der Waals surface area (Å²) in [5, 5.41) is 0. The van der Waals surface area contributed by atoms with Crippen molar-refractivity contribution >= 4 is 12.6 Å². The molecule has 0 unspecified atom stereocenters. The second-order valence-electron chi connectivity index (χ2n) is 3.58. The minimum atomic E-state index is 0.598. The summed E-state index contributed by atoms with van der Waals surface area (Å²) >= 11 is 4.06. The predicted molar refractivity (Wildman–Crippen MR) is 70.6 cm³/mol. The van der Waals surface area contributed by atoms with E-state index in [0.29, 0.717) is 19.8 Å². The van der Waals surface area contributed by atoms with Crippen LogP contribution in [0.2, 0.25) is 0 Å². The molecule has 0 radical (unpaired) electrons. The molecule has 1 aromatic rings. The van der Waals surface area contributed by atoms with Crippen molar-refractivity contribution in [2.75, 3.05) is 25.6 Å². The number of benzene rings is 1. The zero-order chi connectivity index (χ0) is 11.6. The van der Waals surface area contributed by atoms with Gasteiger partial charge in [0.05, 0.1) is 13.2 Å². The molecule has 0 aliphatic heterocycles. The fraction of sp³-hybridized carbons (Fsp3) is 0.538. The summed E-state index contributed by atoms with van der Waals surface area (Å²) in [7, 11) is 0. The van der Waals surface area contributed by atoms with Crippen LogP contribution in [0.3, 0.4) is 0 Å². The van der Waals surface area contributed by atoms with E-state index in [4.69, 9.17) is 9.47 Å². The average molecular weight is 240 g/mol. The van der Waals surface area contributed by atoms with E-state index in [1.54, 1.807) is 0 Å². The number of ether oxygens (including phenoxy) is 2. The summed E-state index contributed by atoms with van der Waals surface area (Å²) in [5.74, 6) is 1.67. The van der Waals surface area contributed by atoms with Crippen LogP contribution in [0, 0.1) is 0 Å². The van der Waals surface area contributed by atoms with Crippen LogP contribution in [0.4, 0.5) is 0 Å². The highest BCUT2D eigenvalue weighted by Gasteiger charge is 1.95. The highest BCUT2D eigenvalue weighted by Crippen LogP contribution is 2.13. The van der Waals surface area contributed by atoms with Gasteiger partial charge in [-0.2, -0.15) is 12.6 Å². The summed E-state index contributed by atoms with van der Waals surface area (Å²) < 4.78 is 10.8. The molecule has 0 aromatic heterocycles. The molecule has 0 fully saturated rings. The molecule has 90 valence electrons. The molecule has 0 aliphatic carbocycles. The average Bonchev–Trinajstić information content (AvgIpc) is 2.31. The lowest BCUT2D eigenvalue weighted by Gasteiger charge is -2.07. The topological polar surface area (TPSA) is 18.5 Å². The molecule has 1 rings (SSSR count). The summed E-state index contributed by atoms with van der Waals surface area (Å²) in [4.78, 5) is 0. The van der Waals surface area contributed by atoms with Gasteiger partial charge in [-0.15, -0.1) is 0 Å². The van der Waals surface area contributed by atoms with Gasteiger partial charge in [0, 0.05) is 5.75 Å². The van der Waals surface area contributed by atoms with Crippen molar-refractivity contribution in [3.05, 3.63) is 29.8 Å². The van der Waals surface area contributed by atoms with Gasteiger partial charge in [0.2, 0.25) is 0 Å². The van der Waals surface area contributed by atoms with E-state index in [1.165, 1.54) is 12.0 Å². The molecule has 1 aromatic carbocycles. The summed E-state index contributed by atoms with van der Waals surface area (Å²) in [6.45, 7) is 4.09. The first-order valence-corrected chi connectivity index (χ1v) is 6.40. The Labute approximate surface area is 103 Å². The summed E-state index contributed by atoms with van der Waals surface area (Å²) in [5.41, 5.74) is 1.36. The number of hydrogen-bond donors (Lipinski definition) is 1. The van der Waals surface area contributed by atoms with Crippen molar-refractivity contribution in [2.45, 2.75) is 19.8 Å². The van der Waals surface area contributed by atoms with E-state index in [1.807, 2.05) is 12.1 Å². The molecule has 3 heteroatoms. The van der Waals surface area contributed by atoms with Crippen LogP contribution >= 0.6 is 12.6 Å². The van der Waals surface area contributed by atoms with Gasteiger partial charge in [-0.3, -0.25) is 0 Å². The molecule has 0 N–H and O–H groups in total. The summed E-state index contributed by atoms with van der Waals surface area (Å²) in [6.07, 6.45) is 2.31. The van der Waals surface area contributed by atoms with E-state index in [-0.39, 0.29) is 0 Å². The van der Waals surface area contributed by atoms with E-state index in [2.05, 4.69) is 31.7 Å². The van der Waals surface area contributed by atoms with Crippen molar-refractivity contribution in [1.29, 1.82) is 0 Å². The minimum Gasteiger partial charge on any atom is -0.491 e. The first-order chi connectivity index (χ1) is 7.86. The SMILES string of the molecule is CCCc1ccc(OCCOCCS)cc1. The van der Waals surface area contributed by atoms with Gasteiger partial charge >= 0.3 is 0 Å². The van der Waals surface area contributed by atoms with E-state index in [9.17, 15) is 0 Å². The fourth-order valence-electron chi connectivity index (χ4n) is 1.43. The second kappa shape index (κ2) is 8.48. The number of aryl methyl sites for hydroxylation is 1. The van der Waals surface area contributed by atoms with Crippen LogP contribution < -0.4 is 4.74 Å². The zero-order valence-electron chi connectivity index (χ0n) is 9.82. The molecule has 0 saturated heterocycles. The van der Waals surface area contributed by atoms with Gasteiger partial charge in [-0.1, -0.05) is 25.5 Å². The Morgan fingerprint density at radius 1 is 1.06 bits per heavy atom. The second-order valence-corrected chi connectivity index (χ2v) is 4.03. The third kappa shape index (κ3) is 5.42. The third-order valence-electron chi connectivity index (χ3n) is 2.19. The normalized spacial score (nSPS) is 10.4. The third-order valence-corrected chi connectivity index (χ3v) is 2.38. The van der Waals surface area contributed by atoms with E-state index < -0.39 is 0 Å². The maximum Gasteiger partial charge on any atom is 0.119 e. The van der Waals surface area contributed by atoms with Crippen LogP contribution in [-0.2, 0) is 11.2 Å². The van der Waals surface area contributed by atoms with Gasteiger partial charge in [0.15, 0.2) is 0 Å². The van der Waals surface area contributed by atoms with Crippen molar-refractivity contribution < 1.29 is 9.47 Å². The standard InChI is InChI=1S/C13H20O2S/c1-2-3-12-4-6-13(7-5-12)15-9-8-14-10-11-16/h4-7,16H,2-3,8-11H2,1H3. The van der Waals surface area contributed by atoms with Crippen LogP contribution in [0.25, 0.3) is 0 Å². The molecular formula is C13H20O2S. The number of hydrogen-bond acceptors (Lipinski definition) is 3. The van der Waals surface area contributed by atoms with Gasteiger partial charge in [0.25, 0.3) is 0 Å². The van der Waals surface area contributed by atoms with Crippen molar-refractivity contribution in [1.82, 2.24) is 0 Å². The van der Waals surface area contributed by atoms with Gasteiger partial charge in [0.1, 0.15) is 12.4 Å². The predicted octanol–water partition coefficient (Wildman–Crippen LogP) is 2.96. The number of thiol groups is 1. The lowest BCUT2D eigenvalue weighted by Crippen LogP contribution is -2.07. The van der Waals surface area contributed by atoms with Crippen LogP contribution in [0.15, 0.2) is 24.3 Å². The Kier molecular flexibility index (Phi) is 7.10. The molecule has 0 aliphatic rings. The lowest BCUT2D eigenvalue weighted by atomic mass is 10.1. The highest BCUT2D eigenvalue weighted by atomic mass is 32.1. The molecule has 0 bridgehead atoms. The molecule has 0 amide bonds. The van der Waals surface area contributed by atoms with E-state index >= 15 is 0 Å². The van der Waals surface area contributed by atoms with Crippen molar-refractivity contribution in [3.63, 3.8) is 0 Å². The Morgan fingerprint density at radius 2 is 1.81 bits per heavy atom. The zero-order valence-corrected chi connectivity index (χ0v) is 10.7. The molecule has 2 nitrogen and oxygen atoms in total. The van der Waals surface area contributed by atoms with Gasteiger partial charge in [-0.25, -0.2) is 0 Å². The van der Waals surface area contributed by atoms with Crippen LogP contribution in [-0.4, -0.2) is 25.6 Å². The highest BCUT2D eigenvalue weighted by molar-refractivity contribution is 7.80. The fourth-order valence-corrected chi connectivity index (χ4v) is 1.56. The molecule has 0 atom stereocenters.